The van der Waals surface area contributed by atoms with Gasteiger partial charge in [0.1, 0.15) is 0 Å². The number of aromatic nitrogens is 2. The Morgan fingerprint density at radius 1 is 1.41 bits per heavy atom. The van der Waals surface area contributed by atoms with E-state index in [1.165, 1.54) is 10.9 Å². The first kappa shape index (κ1) is 16.7. The van der Waals surface area contributed by atoms with Crippen LogP contribution in [-0.2, 0) is 9.63 Å². The van der Waals surface area contributed by atoms with Gasteiger partial charge in [0.15, 0.2) is 5.69 Å². The number of carbonyl (C=O) groups is 1. The van der Waals surface area contributed by atoms with Crippen LogP contribution in [0.25, 0.3) is 0 Å². The van der Waals surface area contributed by atoms with Crippen molar-refractivity contribution in [3.63, 3.8) is 0 Å². The Labute approximate surface area is 128 Å². The summed E-state index contributed by atoms with van der Waals surface area (Å²) >= 11 is 0. The largest absolute Gasteiger partial charge is 0.396 e. The van der Waals surface area contributed by atoms with Crippen molar-refractivity contribution < 1.29 is 18.4 Å². The van der Waals surface area contributed by atoms with Crippen molar-refractivity contribution in [3.8, 4) is 0 Å². The molecule has 1 aromatic rings. The molecule has 2 N–H and O–H groups in total. The maximum Gasteiger partial charge on any atom is 0.330 e. The number of nitrogens with zero attached hydrogens (tertiary/aromatic N) is 3. The second-order valence-electron chi connectivity index (χ2n) is 6.54. The SMILES string of the molecule is CC(C)(C)C(=O)ON1CCC(n2cc(N)c(C(F)F)n2)CC1. The van der Waals surface area contributed by atoms with E-state index in [1.807, 2.05) is 0 Å². The summed E-state index contributed by atoms with van der Waals surface area (Å²) < 4.78 is 26.9. The average molecular weight is 316 g/mol. The van der Waals surface area contributed by atoms with E-state index in [-0.39, 0.29) is 23.4 Å². The maximum atomic E-state index is 12.7. The molecule has 1 aliphatic rings. The van der Waals surface area contributed by atoms with Crippen LogP contribution in [0.5, 0.6) is 0 Å². The van der Waals surface area contributed by atoms with Gasteiger partial charge in [0, 0.05) is 19.3 Å². The summed E-state index contributed by atoms with van der Waals surface area (Å²) in [5.41, 5.74) is 4.63. The first-order chi connectivity index (χ1) is 10.2. The summed E-state index contributed by atoms with van der Waals surface area (Å²) in [4.78, 5) is 17.2. The summed E-state index contributed by atoms with van der Waals surface area (Å²) in [6.07, 6.45) is 0.0832. The van der Waals surface area contributed by atoms with Gasteiger partial charge >= 0.3 is 5.97 Å². The lowest BCUT2D eigenvalue weighted by molar-refractivity contribution is -0.205. The Balaban J connectivity index is 1.92. The van der Waals surface area contributed by atoms with Gasteiger partial charge in [0.2, 0.25) is 0 Å². The van der Waals surface area contributed by atoms with Crippen LogP contribution in [0.15, 0.2) is 6.20 Å². The fourth-order valence-corrected chi connectivity index (χ4v) is 2.23. The summed E-state index contributed by atoms with van der Waals surface area (Å²) in [5.74, 6) is -0.283. The smallest absolute Gasteiger partial charge is 0.330 e. The Bertz CT molecular complexity index is 531. The van der Waals surface area contributed by atoms with Crippen molar-refractivity contribution in [2.45, 2.75) is 46.1 Å². The van der Waals surface area contributed by atoms with Crippen molar-refractivity contribution in [3.05, 3.63) is 11.9 Å². The minimum absolute atomic E-state index is 0.0107. The van der Waals surface area contributed by atoms with Crippen LogP contribution in [0.1, 0.15) is 51.8 Å². The molecule has 0 radical (unpaired) electrons. The van der Waals surface area contributed by atoms with E-state index in [2.05, 4.69) is 5.10 Å². The zero-order chi connectivity index (χ0) is 16.5. The molecule has 1 aliphatic heterocycles. The molecule has 2 heterocycles. The molecule has 0 saturated carbocycles. The van der Waals surface area contributed by atoms with Gasteiger partial charge in [-0.05, 0) is 33.6 Å². The van der Waals surface area contributed by atoms with E-state index in [4.69, 9.17) is 10.6 Å². The number of rotatable bonds is 3. The van der Waals surface area contributed by atoms with Gasteiger partial charge in [-0.2, -0.15) is 5.10 Å². The normalized spacial score (nSPS) is 17.9. The summed E-state index contributed by atoms with van der Waals surface area (Å²) in [6, 6.07) is -0.0145. The average Bonchev–Trinajstić information content (AvgIpc) is 2.80. The third kappa shape index (κ3) is 3.73. The van der Waals surface area contributed by atoms with Crippen molar-refractivity contribution in [1.82, 2.24) is 14.8 Å². The topological polar surface area (TPSA) is 73.4 Å². The van der Waals surface area contributed by atoms with E-state index in [9.17, 15) is 13.6 Å². The number of anilines is 1. The molecule has 2 rings (SSSR count). The maximum absolute atomic E-state index is 12.7. The minimum Gasteiger partial charge on any atom is -0.396 e. The number of hydroxylamine groups is 2. The van der Waals surface area contributed by atoms with Gasteiger partial charge in [-0.1, -0.05) is 0 Å². The van der Waals surface area contributed by atoms with Crippen LogP contribution < -0.4 is 5.73 Å². The van der Waals surface area contributed by atoms with E-state index in [0.29, 0.717) is 25.9 Å². The fraction of sp³-hybridized carbons (Fsp3) is 0.714. The lowest BCUT2D eigenvalue weighted by Gasteiger charge is -2.32. The number of piperidine rings is 1. The van der Waals surface area contributed by atoms with Crippen LogP contribution in [0.2, 0.25) is 0 Å². The third-order valence-corrected chi connectivity index (χ3v) is 3.62. The number of hydrogen-bond acceptors (Lipinski definition) is 5. The predicted octanol–water partition coefficient (Wildman–Crippen LogP) is 2.54. The van der Waals surface area contributed by atoms with Crippen LogP contribution in [-0.4, -0.2) is 33.9 Å². The summed E-state index contributed by atoms with van der Waals surface area (Å²) in [5, 5.41) is 5.49. The lowest BCUT2D eigenvalue weighted by atomic mass is 9.98. The molecular formula is C14H22F2N4O2. The number of alkyl halides is 2. The number of nitrogen functional groups attached to an aromatic ring is 1. The third-order valence-electron chi connectivity index (χ3n) is 3.62. The molecule has 0 aliphatic carbocycles. The summed E-state index contributed by atoms with van der Waals surface area (Å²) in [6.45, 7) is 6.45. The van der Waals surface area contributed by atoms with Crippen molar-refractivity contribution in [1.29, 1.82) is 0 Å². The molecule has 0 unspecified atom stereocenters. The van der Waals surface area contributed by atoms with Crippen LogP contribution >= 0.6 is 0 Å². The predicted molar refractivity (Wildman–Crippen MR) is 77.0 cm³/mol. The van der Waals surface area contributed by atoms with Crippen molar-refractivity contribution in [2.24, 2.45) is 5.41 Å². The Morgan fingerprint density at radius 2 is 2.00 bits per heavy atom. The Hall–Kier alpha value is -1.70. The first-order valence-corrected chi connectivity index (χ1v) is 7.28. The molecule has 1 aromatic heterocycles. The van der Waals surface area contributed by atoms with Crippen molar-refractivity contribution in [2.75, 3.05) is 18.8 Å². The number of carbonyl (C=O) groups excluding carboxylic acids is 1. The molecule has 0 bridgehead atoms. The number of hydrogen-bond donors (Lipinski definition) is 1. The second-order valence-corrected chi connectivity index (χ2v) is 6.54. The van der Waals surface area contributed by atoms with Crippen LogP contribution in [0.3, 0.4) is 0 Å². The van der Waals surface area contributed by atoms with Crippen LogP contribution in [0.4, 0.5) is 14.5 Å². The van der Waals surface area contributed by atoms with Crippen LogP contribution in [0, 0.1) is 5.41 Å². The van der Waals surface area contributed by atoms with Crippen molar-refractivity contribution >= 4 is 11.7 Å². The van der Waals surface area contributed by atoms with E-state index in [0.717, 1.165) is 0 Å². The molecule has 6 nitrogen and oxygen atoms in total. The monoisotopic (exact) mass is 316 g/mol. The molecule has 22 heavy (non-hydrogen) atoms. The van der Waals surface area contributed by atoms with Gasteiger partial charge in [0.05, 0.1) is 17.1 Å². The highest BCUT2D eigenvalue weighted by molar-refractivity contribution is 5.75. The number of halogens is 2. The highest BCUT2D eigenvalue weighted by atomic mass is 19.3. The van der Waals surface area contributed by atoms with E-state index < -0.39 is 11.8 Å². The molecule has 0 atom stereocenters. The fourth-order valence-electron chi connectivity index (χ4n) is 2.23. The standard InChI is InChI=1S/C14H22F2N4O2/c1-14(2,3)13(21)22-19-6-4-9(5-7-19)20-8-10(17)11(18-20)12(15)16/h8-9,12H,4-7,17H2,1-3H3. The quantitative estimate of drug-likeness (QED) is 0.927. The molecule has 1 saturated heterocycles. The molecule has 0 aromatic carbocycles. The molecule has 0 amide bonds. The van der Waals surface area contributed by atoms with Gasteiger partial charge < -0.3 is 10.6 Å². The molecule has 8 heteroatoms. The molecular weight excluding hydrogens is 294 g/mol. The van der Waals surface area contributed by atoms with Gasteiger partial charge in [0.25, 0.3) is 6.43 Å². The molecule has 124 valence electrons. The highest BCUT2D eigenvalue weighted by Crippen LogP contribution is 2.28. The van der Waals surface area contributed by atoms with Gasteiger partial charge in [-0.25, -0.2) is 13.6 Å². The summed E-state index contributed by atoms with van der Waals surface area (Å²) in [7, 11) is 0. The lowest BCUT2D eigenvalue weighted by Crippen LogP contribution is -2.39. The zero-order valence-electron chi connectivity index (χ0n) is 13.1. The molecule has 1 fully saturated rings. The van der Waals surface area contributed by atoms with Gasteiger partial charge in [-0.15, -0.1) is 5.06 Å². The highest BCUT2D eigenvalue weighted by Gasteiger charge is 2.29. The van der Waals surface area contributed by atoms with Gasteiger partial charge in [-0.3, -0.25) is 4.68 Å². The minimum atomic E-state index is -2.67. The Kier molecular flexibility index (Phi) is 4.69. The van der Waals surface area contributed by atoms with E-state index >= 15 is 0 Å². The van der Waals surface area contributed by atoms with E-state index in [1.54, 1.807) is 25.8 Å². The zero-order valence-corrected chi connectivity index (χ0v) is 13.1. The first-order valence-electron chi connectivity index (χ1n) is 7.28. The molecule has 0 spiro atoms. The Morgan fingerprint density at radius 3 is 2.45 bits per heavy atom. The second kappa shape index (κ2) is 6.20. The number of nitrogens with two attached hydrogens (primary N) is 1.